The van der Waals surface area contributed by atoms with Crippen LogP contribution in [0.15, 0.2) is 34.7 Å². The summed E-state index contributed by atoms with van der Waals surface area (Å²) in [6, 6.07) is 8.77. The molecule has 0 saturated heterocycles. The maximum absolute atomic E-state index is 5.83. The van der Waals surface area contributed by atoms with Crippen LogP contribution in [-0.4, -0.2) is 0 Å². The highest BCUT2D eigenvalue weighted by Crippen LogP contribution is 2.26. The van der Waals surface area contributed by atoms with Crippen LogP contribution >= 0.6 is 23.2 Å². The Kier molecular flexibility index (Phi) is 2.30. The summed E-state index contributed by atoms with van der Waals surface area (Å²) < 4.78 is 5.09. The van der Waals surface area contributed by atoms with Gasteiger partial charge < -0.3 is 4.42 Å². The summed E-state index contributed by atoms with van der Waals surface area (Å²) in [5.74, 6) is 0.712. The van der Waals surface area contributed by atoms with E-state index in [1.165, 1.54) is 0 Å². The minimum Gasteiger partial charge on any atom is -0.453 e. The van der Waals surface area contributed by atoms with E-state index in [1.54, 1.807) is 24.3 Å². The number of furan rings is 1. The van der Waals surface area contributed by atoms with Crippen molar-refractivity contribution >= 4 is 23.2 Å². The van der Waals surface area contributed by atoms with Crippen LogP contribution in [0.3, 0.4) is 0 Å². The quantitative estimate of drug-likeness (QED) is 0.694. The van der Waals surface area contributed by atoms with Crippen LogP contribution < -0.4 is 0 Å². The lowest BCUT2D eigenvalue weighted by atomic mass is 10.2. The van der Waals surface area contributed by atoms with Gasteiger partial charge in [0.25, 0.3) is 0 Å². The first-order chi connectivity index (χ1) is 6.25. The van der Waals surface area contributed by atoms with Gasteiger partial charge in [-0.1, -0.05) is 23.2 Å². The summed E-state index contributed by atoms with van der Waals surface area (Å²) in [4.78, 5) is 0. The zero-order valence-electron chi connectivity index (χ0n) is 6.55. The molecular weight excluding hydrogens is 207 g/mol. The van der Waals surface area contributed by atoms with Crippen molar-refractivity contribution < 1.29 is 4.42 Å². The zero-order valence-corrected chi connectivity index (χ0v) is 8.06. The smallest absolute Gasteiger partial charge is 0.170 e. The Labute approximate surface area is 85.9 Å². The fraction of sp³-hybridized carbons (Fsp3) is 0. The Morgan fingerprint density at radius 3 is 2.31 bits per heavy atom. The second-order valence-corrected chi connectivity index (χ2v) is 3.45. The van der Waals surface area contributed by atoms with E-state index >= 15 is 0 Å². The van der Waals surface area contributed by atoms with Gasteiger partial charge in [0.2, 0.25) is 0 Å². The lowest BCUT2D eigenvalue weighted by Gasteiger charge is -1.98. The minimum atomic E-state index is 0.596. The molecule has 3 heteroatoms. The van der Waals surface area contributed by atoms with E-state index in [0.717, 1.165) is 5.56 Å². The van der Waals surface area contributed by atoms with Gasteiger partial charge in [0.15, 0.2) is 6.26 Å². The fourth-order valence-electron chi connectivity index (χ4n) is 1.09. The highest BCUT2D eigenvalue weighted by Gasteiger charge is 2.02. The SMILES string of the molecule is Clc1cc(Cl)cc(-c2cc[c]o2)c1. The van der Waals surface area contributed by atoms with Crippen LogP contribution in [0.25, 0.3) is 11.3 Å². The third-order valence-electron chi connectivity index (χ3n) is 1.62. The van der Waals surface area contributed by atoms with E-state index in [4.69, 9.17) is 27.6 Å². The van der Waals surface area contributed by atoms with Crippen LogP contribution in [0.1, 0.15) is 0 Å². The molecule has 1 nitrogen and oxygen atoms in total. The summed E-state index contributed by atoms with van der Waals surface area (Å²) in [6.07, 6.45) is 2.61. The average molecular weight is 212 g/mol. The predicted octanol–water partition coefficient (Wildman–Crippen LogP) is 4.05. The van der Waals surface area contributed by atoms with Crippen molar-refractivity contribution in [2.45, 2.75) is 0 Å². The molecule has 0 aliphatic heterocycles. The van der Waals surface area contributed by atoms with Crippen molar-refractivity contribution in [1.29, 1.82) is 0 Å². The second kappa shape index (κ2) is 3.44. The Morgan fingerprint density at radius 1 is 1.08 bits per heavy atom. The highest BCUT2D eigenvalue weighted by atomic mass is 35.5. The molecule has 0 fully saturated rings. The van der Waals surface area contributed by atoms with Gasteiger partial charge in [-0.2, -0.15) is 0 Å². The average Bonchev–Trinajstić information content (AvgIpc) is 2.53. The molecule has 1 aromatic heterocycles. The van der Waals surface area contributed by atoms with Gasteiger partial charge in [0.1, 0.15) is 5.76 Å². The van der Waals surface area contributed by atoms with Gasteiger partial charge in [0.05, 0.1) is 0 Å². The number of hydrogen-bond acceptors (Lipinski definition) is 1. The van der Waals surface area contributed by atoms with E-state index in [0.29, 0.717) is 15.8 Å². The van der Waals surface area contributed by atoms with Gasteiger partial charge in [-0.05, 0) is 30.3 Å². The van der Waals surface area contributed by atoms with Gasteiger partial charge in [-0.15, -0.1) is 0 Å². The Balaban J connectivity index is 2.53. The molecule has 0 bridgehead atoms. The number of benzene rings is 1. The van der Waals surface area contributed by atoms with E-state index in [2.05, 4.69) is 6.26 Å². The Hall–Kier alpha value is -0.920. The molecule has 13 heavy (non-hydrogen) atoms. The van der Waals surface area contributed by atoms with Crippen molar-refractivity contribution in [3.8, 4) is 11.3 Å². The van der Waals surface area contributed by atoms with Gasteiger partial charge in [-0.25, -0.2) is 0 Å². The number of rotatable bonds is 1. The fourth-order valence-corrected chi connectivity index (χ4v) is 1.62. The van der Waals surface area contributed by atoms with Gasteiger partial charge >= 0.3 is 0 Å². The maximum Gasteiger partial charge on any atom is 0.170 e. The Morgan fingerprint density at radius 2 is 1.77 bits per heavy atom. The van der Waals surface area contributed by atoms with Crippen LogP contribution in [0.2, 0.25) is 10.0 Å². The first kappa shape index (κ1) is 8.67. The lowest BCUT2D eigenvalue weighted by Crippen LogP contribution is -1.74. The highest BCUT2D eigenvalue weighted by molar-refractivity contribution is 6.35. The standard InChI is InChI=1S/C10H5Cl2O/c11-8-4-7(5-9(12)6-8)10-2-1-3-13-10/h1-2,4-6H. The molecule has 2 rings (SSSR count). The van der Waals surface area contributed by atoms with Gasteiger partial charge in [-0.3, -0.25) is 0 Å². The van der Waals surface area contributed by atoms with Crippen LogP contribution in [0.5, 0.6) is 0 Å². The van der Waals surface area contributed by atoms with Crippen molar-refractivity contribution in [2.75, 3.05) is 0 Å². The van der Waals surface area contributed by atoms with Crippen LogP contribution in [-0.2, 0) is 0 Å². The van der Waals surface area contributed by atoms with Crippen molar-refractivity contribution in [1.82, 2.24) is 0 Å². The molecule has 2 aromatic rings. The molecular formula is C10H5Cl2O. The zero-order chi connectivity index (χ0) is 9.26. The molecule has 0 atom stereocenters. The van der Waals surface area contributed by atoms with E-state index in [1.807, 2.05) is 6.07 Å². The number of hydrogen-bond donors (Lipinski definition) is 0. The van der Waals surface area contributed by atoms with Crippen molar-refractivity contribution in [2.24, 2.45) is 0 Å². The van der Waals surface area contributed by atoms with E-state index in [9.17, 15) is 0 Å². The molecule has 0 unspecified atom stereocenters. The predicted molar refractivity (Wildman–Crippen MR) is 53.0 cm³/mol. The molecule has 1 aromatic carbocycles. The molecule has 0 amide bonds. The minimum absolute atomic E-state index is 0.596. The summed E-state index contributed by atoms with van der Waals surface area (Å²) in [6.45, 7) is 0. The molecule has 0 aliphatic carbocycles. The summed E-state index contributed by atoms with van der Waals surface area (Å²) in [5, 5.41) is 1.19. The third-order valence-corrected chi connectivity index (χ3v) is 2.06. The van der Waals surface area contributed by atoms with Crippen molar-refractivity contribution in [3.05, 3.63) is 46.6 Å². The van der Waals surface area contributed by atoms with Crippen LogP contribution in [0.4, 0.5) is 0 Å². The second-order valence-electron chi connectivity index (χ2n) is 2.58. The summed E-state index contributed by atoms with van der Waals surface area (Å²) in [5.41, 5.74) is 0.860. The largest absolute Gasteiger partial charge is 0.453 e. The topological polar surface area (TPSA) is 13.1 Å². The molecule has 0 aliphatic rings. The Bertz CT molecular complexity index is 387. The van der Waals surface area contributed by atoms with Crippen molar-refractivity contribution in [3.63, 3.8) is 0 Å². The molecule has 0 saturated carbocycles. The normalized spacial score (nSPS) is 10.3. The lowest BCUT2D eigenvalue weighted by molar-refractivity contribution is 0.573. The monoisotopic (exact) mass is 211 g/mol. The maximum atomic E-state index is 5.83. The van der Waals surface area contributed by atoms with Gasteiger partial charge in [0, 0.05) is 15.6 Å². The first-order valence-corrected chi connectivity index (χ1v) is 4.43. The van der Waals surface area contributed by atoms with Crippen LogP contribution in [0, 0.1) is 6.26 Å². The molecule has 1 radical (unpaired) electrons. The molecule has 0 N–H and O–H groups in total. The molecule has 1 heterocycles. The molecule has 0 spiro atoms. The molecule has 65 valence electrons. The first-order valence-electron chi connectivity index (χ1n) is 3.68. The summed E-state index contributed by atoms with van der Waals surface area (Å²) >= 11 is 11.7. The number of halogens is 2. The summed E-state index contributed by atoms with van der Waals surface area (Å²) in [7, 11) is 0. The third kappa shape index (κ3) is 1.87. The van der Waals surface area contributed by atoms with E-state index in [-0.39, 0.29) is 0 Å². The van der Waals surface area contributed by atoms with E-state index < -0.39 is 0 Å².